The van der Waals surface area contributed by atoms with E-state index in [1.54, 1.807) is 0 Å². The number of pyridine rings is 1. The van der Waals surface area contributed by atoms with E-state index in [2.05, 4.69) is 22.1 Å². The van der Waals surface area contributed by atoms with Crippen molar-refractivity contribution in [1.29, 1.82) is 0 Å². The molecule has 4 rings (SSSR count). The van der Waals surface area contributed by atoms with Gasteiger partial charge in [0, 0.05) is 5.92 Å². The number of hydrogen-bond donors (Lipinski definition) is 2. The Labute approximate surface area is 124 Å². The largest absolute Gasteiger partial charge is 0.320 e. The molecule has 3 aliphatic rings. The summed E-state index contributed by atoms with van der Waals surface area (Å²) >= 11 is 0. The topological polar surface area (TPSA) is 68.0 Å². The summed E-state index contributed by atoms with van der Waals surface area (Å²) in [6, 6.07) is 5.50. The maximum Gasteiger partial charge on any atom is 0.229 e. The molecule has 0 saturated heterocycles. The van der Waals surface area contributed by atoms with Crippen LogP contribution >= 0.6 is 0 Å². The third kappa shape index (κ3) is 2.13. The standard InChI is InChI=1S/C17H19N3O/c18-8-2-4-12-3-1-5-13(19-12)20-17(21)16-14-10-6-7-11(9-10)15(14)16/h1,3,5,10-11,14-16H,6-9,18H2,(H,19,20,21). The summed E-state index contributed by atoms with van der Waals surface area (Å²) in [5.41, 5.74) is 6.00. The fourth-order valence-electron chi connectivity index (χ4n) is 4.60. The lowest BCUT2D eigenvalue weighted by Gasteiger charge is -2.09. The highest BCUT2D eigenvalue weighted by Crippen LogP contribution is 2.69. The minimum Gasteiger partial charge on any atom is -0.320 e. The van der Waals surface area contributed by atoms with E-state index >= 15 is 0 Å². The Balaban J connectivity index is 1.44. The molecule has 0 spiro atoms. The fraction of sp³-hybridized carbons (Fsp3) is 0.529. The van der Waals surface area contributed by atoms with Crippen molar-refractivity contribution in [2.45, 2.75) is 19.3 Å². The Hall–Kier alpha value is -1.86. The summed E-state index contributed by atoms with van der Waals surface area (Å²) in [5.74, 6) is 9.58. The van der Waals surface area contributed by atoms with Crippen LogP contribution in [0.2, 0.25) is 0 Å². The number of carbonyl (C=O) groups excluding carboxylic acids is 1. The summed E-state index contributed by atoms with van der Waals surface area (Å²) in [6.45, 7) is 0.312. The van der Waals surface area contributed by atoms with E-state index in [9.17, 15) is 4.79 Å². The second-order valence-corrected chi connectivity index (χ2v) is 6.42. The van der Waals surface area contributed by atoms with Crippen LogP contribution in [0.3, 0.4) is 0 Å². The van der Waals surface area contributed by atoms with Gasteiger partial charge in [0.1, 0.15) is 11.5 Å². The highest BCUT2D eigenvalue weighted by molar-refractivity contribution is 5.94. The van der Waals surface area contributed by atoms with Gasteiger partial charge in [-0.1, -0.05) is 12.0 Å². The molecule has 0 aliphatic heterocycles. The first-order valence-electron chi connectivity index (χ1n) is 7.75. The molecule has 0 aromatic carbocycles. The number of carbonyl (C=O) groups is 1. The van der Waals surface area contributed by atoms with E-state index in [0.717, 1.165) is 11.8 Å². The molecule has 4 unspecified atom stereocenters. The van der Waals surface area contributed by atoms with Crippen molar-refractivity contribution in [1.82, 2.24) is 4.98 Å². The Kier molecular flexibility index (Phi) is 2.97. The second-order valence-electron chi connectivity index (χ2n) is 6.42. The van der Waals surface area contributed by atoms with Crippen molar-refractivity contribution in [2.24, 2.45) is 35.3 Å². The Morgan fingerprint density at radius 1 is 1.33 bits per heavy atom. The van der Waals surface area contributed by atoms with Crippen LogP contribution in [0.4, 0.5) is 5.82 Å². The van der Waals surface area contributed by atoms with Crippen LogP contribution in [-0.4, -0.2) is 17.4 Å². The van der Waals surface area contributed by atoms with Crippen molar-refractivity contribution in [3.63, 3.8) is 0 Å². The van der Waals surface area contributed by atoms with Crippen molar-refractivity contribution < 1.29 is 4.79 Å². The summed E-state index contributed by atoms with van der Waals surface area (Å²) in [5, 5.41) is 2.97. The van der Waals surface area contributed by atoms with Gasteiger partial charge in [-0.15, -0.1) is 0 Å². The van der Waals surface area contributed by atoms with Gasteiger partial charge in [-0.3, -0.25) is 4.79 Å². The molecular weight excluding hydrogens is 262 g/mol. The molecule has 3 aliphatic carbocycles. The molecule has 2 bridgehead atoms. The summed E-state index contributed by atoms with van der Waals surface area (Å²) in [7, 11) is 0. The first-order chi connectivity index (χ1) is 10.3. The average Bonchev–Trinajstić information content (AvgIpc) is 2.94. The van der Waals surface area contributed by atoms with Crippen LogP contribution in [0.5, 0.6) is 0 Å². The van der Waals surface area contributed by atoms with Gasteiger partial charge in [-0.05, 0) is 61.0 Å². The van der Waals surface area contributed by atoms with Crippen molar-refractivity contribution in [3.05, 3.63) is 23.9 Å². The van der Waals surface area contributed by atoms with Crippen molar-refractivity contribution >= 4 is 11.7 Å². The van der Waals surface area contributed by atoms with Gasteiger partial charge in [0.15, 0.2) is 0 Å². The number of anilines is 1. The zero-order valence-electron chi connectivity index (χ0n) is 11.9. The van der Waals surface area contributed by atoms with Crippen LogP contribution in [0, 0.1) is 41.4 Å². The number of nitrogens with two attached hydrogens (primary N) is 1. The van der Waals surface area contributed by atoms with Gasteiger partial charge in [-0.2, -0.15) is 0 Å². The zero-order chi connectivity index (χ0) is 14.4. The third-order valence-corrected chi connectivity index (χ3v) is 5.36. The molecule has 4 atom stereocenters. The molecule has 1 aromatic heterocycles. The molecule has 1 amide bonds. The Morgan fingerprint density at radius 2 is 2.10 bits per heavy atom. The molecular formula is C17H19N3O. The molecule has 1 aromatic rings. The van der Waals surface area contributed by atoms with E-state index in [1.165, 1.54) is 19.3 Å². The second kappa shape index (κ2) is 4.85. The first-order valence-corrected chi connectivity index (χ1v) is 7.75. The minimum absolute atomic E-state index is 0.151. The van der Waals surface area contributed by atoms with Gasteiger partial charge < -0.3 is 11.1 Å². The molecule has 4 heteroatoms. The molecule has 21 heavy (non-hydrogen) atoms. The summed E-state index contributed by atoms with van der Waals surface area (Å²) in [4.78, 5) is 16.8. The molecule has 3 N–H and O–H groups in total. The number of aromatic nitrogens is 1. The van der Waals surface area contributed by atoms with Crippen LogP contribution in [0.25, 0.3) is 0 Å². The van der Waals surface area contributed by atoms with Crippen LogP contribution in [0.15, 0.2) is 18.2 Å². The molecule has 3 saturated carbocycles. The van der Waals surface area contributed by atoms with Gasteiger partial charge in [0.05, 0.1) is 6.54 Å². The Bertz CT molecular complexity index is 629. The minimum atomic E-state index is 0.151. The number of nitrogens with zero attached hydrogens (tertiary/aromatic N) is 1. The van der Waals surface area contributed by atoms with E-state index < -0.39 is 0 Å². The highest BCUT2D eigenvalue weighted by atomic mass is 16.2. The number of rotatable bonds is 2. The predicted molar refractivity (Wildman–Crippen MR) is 80.1 cm³/mol. The smallest absolute Gasteiger partial charge is 0.229 e. The zero-order valence-corrected chi connectivity index (χ0v) is 11.9. The third-order valence-electron chi connectivity index (χ3n) is 5.36. The number of nitrogens with one attached hydrogen (secondary N) is 1. The number of fused-ring (bicyclic) bond motifs is 5. The Morgan fingerprint density at radius 3 is 2.81 bits per heavy atom. The summed E-state index contributed by atoms with van der Waals surface area (Å²) in [6.07, 6.45) is 4.03. The molecule has 108 valence electrons. The predicted octanol–water partition coefficient (Wildman–Crippen LogP) is 1.62. The van der Waals surface area contributed by atoms with Crippen LogP contribution in [-0.2, 0) is 4.79 Å². The number of amides is 1. The monoisotopic (exact) mass is 281 g/mol. The average molecular weight is 281 g/mol. The van der Waals surface area contributed by atoms with Crippen LogP contribution in [0.1, 0.15) is 25.0 Å². The lowest BCUT2D eigenvalue weighted by Crippen LogP contribution is -2.19. The van der Waals surface area contributed by atoms with Crippen molar-refractivity contribution in [2.75, 3.05) is 11.9 Å². The van der Waals surface area contributed by atoms with Gasteiger partial charge >= 0.3 is 0 Å². The maximum absolute atomic E-state index is 12.4. The normalized spacial score (nSPS) is 34.8. The van der Waals surface area contributed by atoms with Gasteiger partial charge in [0.25, 0.3) is 0 Å². The quantitative estimate of drug-likeness (QED) is 0.809. The molecule has 1 heterocycles. The van der Waals surface area contributed by atoms with E-state index in [4.69, 9.17) is 5.73 Å². The molecule has 0 radical (unpaired) electrons. The van der Waals surface area contributed by atoms with Crippen LogP contribution < -0.4 is 11.1 Å². The summed E-state index contributed by atoms with van der Waals surface area (Å²) < 4.78 is 0. The highest BCUT2D eigenvalue weighted by Gasteiger charge is 2.67. The SMILES string of the molecule is NCC#Cc1cccc(NC(=O)C2C3C4CCC(C4)C23)n1. The fourth-order valence-corrected chi connectivity index (χ4v) is 4.60. The number of hydrogen-bond acceptors (Lipinski definition) is 3. The lowest BCUT2D eigenvalue weighted by molar-refractivity contribution is -0.118. The van der Waals surface area contributed by atoms with E-state index in [1.807, 2.05) is 18.2 Å². The van der Waals surface area contributed by atoms with Crippen molar-refractivity contribution in [3.8, 4) is 11.8 Å². The lowest BCUT2D eigenvalue weighted by atomic mass is 10.0. The van der Waals surface area contributed by atoms with E-state index in [-0.39, 0.29) is 11.8 Å². The van der Waals surface area contributed by atoms with Gasteiger partial charge in [-0.25, -0.2) is 4.98 Å². The van der Waals surface area contributed by atoms with E-state index in [0.29, 0.717) is 29.9 Å². The van der Waals surface area contributed by atoms with Gasteiger partial charge in [0.2, 0.25) is 5.91 Å². The maximum atomic E-state index is 12.4. The molecule has 4 nitrogen and oxygen atoms in total. The molecule has 3 fully saturated rings. The first kappa shape index (κ1) is 12.8.